The van der Waals surface area contributed by atoms with Crippen LogP contribution in [-0.4, -0.2) is 23.3 Å². The number of allylic oxidation sites excluding steroid dienone is 3. The minimum Gasteiger partial charge on any atom is -0.462 e. The SMILES string of the molecule is CC1=C(C(=O)OCCc2ccccc2)[C@H](c2cccnc2)C2=C(CC(C)(C)CC2=O)N1. The van der Waals surface area contributed by atoms with Crippen LogP contribution in [-0.2, 0) is 20.7 Å². The zero-order valence-electron chi connectivity index (χ0n) is 18.3. The van der Waals surface area contributed by atoms with Crippen molar-refractivity contribution in [3.63, 3.8) is 0 Å². The number of carbonyl (C=O) groups excluding carboxylic acids is 2. The van der Waals surface area contributed by atoms with Gasteiger partial charge in [0.2, 0.25) is 0 Å². The minimum atomic E-state index is -0.460. The van der Waals surface area contributed by atoms with Gasteiger partial charge in [0.05, 0.1) is 12.2 Å². The number of pyridine rings is 1. The number of carbonyl (C=O) groups is 2. The normalized spacial score (nSPS) is 20.2. The highest BCUT2D eigenvalue weighted by Crippen LogP contribution is 2.46. The summed E-state index contributed by atoms with van der Waals surface area (Å²) < 4.78 is 5.67. The van der Waals surface area contributed by atoms with Gasteiger partial charge < -0.3 is 10.1 Å². The van der Waals surface area contributed by atoms with Crippen LogP contribution < -0.4 is 5.32 Å². The summed E-state index contributed by atoms with van der Waals surface area (Å²) in [5, 5.41) is 3.36. The lowest BCUT2D eigenvalue weighted by atomic mass is 9.69. The van der Waals surface area contributed by atoms with E-state index in [-0.39, 0.29) is 23.8 Å². The van der Waals surface area contributed by atoms with E-state index in [9.17, 15) is 9.59 Å². The third-order valence-corrected chi connectivity index (χ3v) is 5.94. The molecular formula is C26H28N2O3. The third-order valence-electron chi connectivity index (χ3n) is 5.94. The van der Waals surface area contributed by atoms with E-state index in [1.165, 1.54) is 0 Å². The average molecular weight is 417 g/mol. The van der Waals surface area contributed by atoms with E-state index in [2.05, 4.69) is 24.1 Å². The number of esters is 1. The summed E-state index contributed by atoms with van der Waals surface area (Å²) >= 11 is 0. The van der Waals surface area contributed by atoms with E-state index in [0.29, 0.717) is 24.0 Å². The number of aromatic nitrogens is 1. The van der Waals surface area contributed by atoms with Gasteiger partial charge in [-0.2, -0.15) is 0 Å². The Morgan fingerprint density at radius 3 is 2.65 bits per heavy atom. The maximum Gasteiger partial charge on any atom is 0.336 e. The van der Waals surface area contributed by atoms with Gasteiger partial charge in [0.15, 0.2) is 5.78 Å². The van der Waals surface area contributed by atoms with Gasteiger partial charge in [-0.25, -0.2) is 4.79 Å². The van der Waals surface area contributed by atoms with Crippen LogP contribution in [0.15, 0.2) is 77.4 Å². The lowest BCUT2D eigenvalue weighted by molar-refractivity contribution is -0.139. The fourth-order valence-electron chi connectivity index (χ4n) is 4.57. The lowest BCUT2D eigenvalue weighted by Crippen LogP contribution is -2.38. The standard InChI is InChI=1S/C26H28N2O3/c1-17-22(25(30)31-13-11-18-8-5-4-6-9-18)23(19-10-7-12-27-16-19)24-20(28-17)14-26(2,3)15-21(24)29/h4-10,12,16,23,28H,11,13-15H2,1-3H3/t23-/m0/s1. The second-order valence-electron chi connectivity index (χ2n) is 9.09. The number of dihydropyridines is 1. The Morgan fingerprint density at radius 1 is 1.16 bits per heavy atom. The highest BCUT2D eigenvalue weighted by molar-refractivity contribution is 6.04. The van der Waals surface area contributed by atoms with Crippen molar-refractivity contribution in [3.8, 4) is 0 Å². The van der Waals surface area contributed by atoms with E-state index in [0.717, 1.165) is 28.9 Å². The van der Waals surface area contributed by atoms with E-state index in [4.69, 9.17) is 4.74 Å². The first-order chi connectivity index (χ1) is 14.9. The number of hydrogen-bond donors (Lipinski definition) is 1. The van der Waals surface area contributed by atoms with Gasteiger partial charge in [0.25, 0.3) is 0 Å². The van der Waals surface area contributed by atoms with Gasteiger partial charge in [-0.15, -0.1) is 0 Å². The first-order valence-electron chi connectivity index (χ1n) is 10.7. The largest absolute Gasteiger partial charge is 0.462 e. The summed E-state index contributed by atoms with van der Waals surface area (Å²) in [5.74, 6) is -0.772. The predicted molar refractivity (Wildman–Crippen MR) is 119 cm³/mol. The van der Waals surface area contributed by atoms with Crippen LogP contribution in [0, 0.1) is 5.41 Å². The molecule has 1 aliphatic heterocycles. The maximum atomic E-state index is 13.2. The number of rotatable bonds is 5. The van der Waals surface area contributed by atoms with Crippen LogP contribution in [0.25, 0.3) is 0 Å². The molecule has 0 saturated heterocycles. The summed E-state index contributed by atoms with van der Waals surface area (Å²) in [7, 11) is 0. The molecule has 0 saturated carbocycles. The first-order valence-corrected chi connectivity index (χ1v) is 10.7. The van der Waals surface area contributed by atoms with Crippen molar-refractivity contribution in [1.29, 1.82) is 0 Å². The quantitative estimate of drug-likeness (QED) is 0.729. The fraction of sp³-hybridized carbons (Fsp3) is 0.346. The highest BCUT2D eigenvalue weighted by atomic mass is 16.5. The summed E-state index contributed by atoms with van der Waals surface area (Å²) in [4.78, 5) is 30.7. The molecule has 1 N–H and O–H groups in total. The molecule has 1 aliphatic carbocycles. The van der Waals surface area contributed by atoms with Crippen molar-refractivity contribution in [3.05, 3.63) is 88.5 Å². The van der Waals surface area contributed by atoms with Crippen molar-refractivity contribution in [2.75, 3.05) is 6.61 Å². The van der Waals surface area contributed by atoms with Gasteiger partial charge in [-0.3, -0.25) is 9.78 Å². The minimum absolute atomic E-state index is 0.0784. The Kier molecular flexibility index (Phi) is 5.77. The Balaban J connectivity index is 1.64. The molecule has 31 heavy (non-hydrogen) atoms. The molecule has 0 spiro atoms. The molecule has 4 rings (SSSR count). The van der Waals surface area contributed by atoms with Crippen LogP contribution in [0.5, 0.6) is 0 Å². The molecule has 0 amide bonds. The molecule has 2 aromatic rings. The summed E-state index contributed by atoms with van der Waals surface area (Å²) in [6, 6.07) is 13.7. The third kappa shape index (κ3) is 4.46. The average Bonchev–Trinajstić information content (AvgIpc) is 2.73. The van der Waals surface area contributed by atoms with E-state index in [1.54, 1.807) is 12.4 Å². The van der Waals surface area contributed by atoms with Gasteiger partial charge in [-0.05, 0) is 36.0 Å². The molecule has 0 radical (unpaired) electrons. The molecule has 0 unspecified atom stereocenters. The molecule has 1 aromatic carbocycles. The van der Waals surface area contributed by atoms with E-state index < -0.39 is 5.92 Å². The number of Topliss-reactive ketones (excluding diaryl/α,β-unsaturated/α-hetero) is 1. The Labute approximate surface area is 183 Å². The van der Waals surface area contributed by atoms with Crippen LogP contribution in [0.4, 0.5) is 0 Å². The second kappa shape index (κ2) is 8.50. The van der Waals surface area contributed by atoms with Crippen LogP contribution in [0.3, 0.4) is 0 Å². The number of nitrogens with zero attached hydrogens (tertiary/aromatic N) is 1. The molecule has 0 fully saturated rings. The van der Waals surface area contributed by atoms with Gasteiger partial charge in [-0.1, -0.05) is 50.2 Å². The number of ketones is 1. The summed E-state index contributed by atoms with van der Waals surface area (Å²) in [6.45, 7) is 6.36. The van der Waals surface area contributed by atoms with Crippen LogP contribution in [0.1, 0.15) is 50.7 Å². The number of benzene rings is 1. The van der Waals surface area contributed by atoms with E-state index in [1.807, 2.05) is 49.4 Å². The molecular weight excluding hydrogens is 388 g/mol. The van der Waals surface area contributed by atoms with Gasteiger partial charge >= 0.3 is 5.97 Å². The van der Waals surface area contributed by atoms with Crippen molar-refractivity contribution in [2.24, 2.45) is 5.41 Å². The predicted octanol–water partition coefficient (Wildman–Crippen LogP) is 4.47. The van der Waals surface area contributed by atoms with E-state index >= 15 is 0 Å². The lowest BCUT2D eigenvalue weighted by Gasteiger charge is -2.39. The Bertz CT molecular complexity index is 1050. The number of nitrogens with one attached hydrogen (secondary N) is 1. The zero-order chi connectivity index (χ0) is 22.0. The monoisotopic (exact) mass is 416 g/mol. The maximum absolute atomic E-state index is 13.2. The van der Waals surface area contributed by atoms with Crippen molar-refractivity contribution < 1.29 is 14.3 Å². The molecule has 2 heterocycles. The van der Waals surface area contributed by atoms with Crippen molar-refractivity contribution in [2.45, 2.75) is 46.0 Å². The number of hydrogen-bond acceptors (Lipinski definition) is 5. The molecule has 5 heteroatoms. The van der Waals surface area contributed by atoms with Gasteiger partial charge in [0.1, 0.15) is 0 Å². The molecule has 5 nitrogen and oxygen atoms in total. The second-order valence-corrected chi connectivity index (χ2v) is 9.09. The highest BCUT2D eigenvalue weighted by Gasteiger charge is 2.43. The van der Waals surface area contributed by atoms with Crippen molar-refractivity contribution >= 4 is 11.8 Å². The summed E-state index contributed by atoms with van der Waals surface area (Å²) in [5.41, 5.74) is 4.65. The molecule has 0 bridgehead atoms. The van der Waals surface area contributed by atoms with Crippen LogP contribution in [0.2, 0.25) is 0 Å². The molecule has 1 aromatic heterocycles. The van der Waals surface area contributed by atoms with Crippen molar-refractivity contribution in [1.82, 2.24) is 10.3 Å². The number of ether oxygens (including phenoxy) is 1. The first kappa shape index (κ1) is 21.0. The Hall–Kier alpha value is -3.21. The fourth-order valence-corrected chi connectivity index (χ4v) is 4.57. The molecule has 1 atom stereocenters. The molecule has 160 valence electrons. The summed E-state index contributed by atoms with van der Waals surface area (Å²) in [6.07, 6.45) is 5.29. The van der Waals surface area contributed by atoms with Crippen LogP contribution >= 0.6 is 0 Å². The smallest absolute Gasteiger partial charge is 0.336 e. The molecule has 2 aliphatic rings. The Morgan fingerprint density at radius 2 is 1.94 bits per heavy atom. The topological polar surface area (TPSA) is 68.3 Å². The van der Waals surface area contributed by atoms with Gasteiger partial charge in [0, 0.05) is 48.1 Å². The zero-order valence-corrected chi connectivity index (χ0v) is 18.3.